The van der Waals surface area contributed by atoms with E-state index in [1.807, 2.05) is 7.05 Å². The van der Waals surface area contributed by atoms with Gasteiger partial charge < -0.3 is 9.84 Å². The Balaban J connectivity index is 1.63. The predicted molar refractivity (Wildman–Crippen MR) is 88.6 cm³/mol. The molecule has 1 aromatic heterocycles. The van der Waals surface area contributed by atoms with Crippen molar-refractivity contribution in [3.05, 3.63) is 41.7 Å². The van der Waals surface area contributed by atoms with Crippen LogP contribution in [0, 0.1) is 12.8 Å². The Labute approximate surface area is 132 Å². The average Bonchev–Trinajstić information content (AvgIpc) is 2.97. The van der Waals surface area contributed by atoms with E-state index in [0.717, 1.165) is 49.1 Å². The van der Waals surface area contributed by atoms with E-state index in [0.29, 0.717) is 0 Å². The van der Waals surface area contributed by atoms with Crippen LogP contribution < -0.4 is 5.32 Å². The van der Waals surface area contributed by atoms with Crippen LogP contribution in [0.3, 0.4) is 0 Å². The van der Waals surface area contributed by atoms with Crippen LogP contribution in [0.2, 0.25) is 0 Å². The molecule has 0 saturated carbocycles. The Hall–Kier alpha value is -1.65. The van der Waals surface area contributed by atoms with Crippen LogP contribution in [0.1, 0.15) is 24.2 Å². The molecule has 0 aliphatic carbocycles. The fourth-order valence-electron chi connectivity index (χ4n) is 3.22. The summed E-state index contributed by atoms with van der Waals surface area (Å²) in [5, 5.41) is 7.51. The second-order valence-electron chi connectivity index (χ2n) is 6.35. The number of rotatable bonds is 5. The molecule has 1 aliphatic rings. The van der Waals surface area contributed by atoms with E-state index >= 15 is 0 Å². The third-order valence-corrected chi connectivity index (χ3v) is 4.38. The summed E-state index contributed by atoms with van der Waals surface area (Å²) in [6, 6.07) is 10.5. The van der Waals surface area contributed by atoms with Crippen molar-refractivity contribution < 1.29 is 4.52 Å². The molecule has 0 bridgehead atoms. The summed E-state index contributed by atoms with van der Waals surface area (Å²) >= 11 is 0. The Kier molecular flexibility index (Phi) is 4.90. The maximum atomic E-state index is 5.54. The standard InChI is InChI=1S/C18H25N3O/c1-14-5-7-16(8-6-14)18-10-17(22-20-18)13-21-9-3-4-15(12-21)11-19-2/h5-8,10,15,19H,3-4,9,11-13H2,1-2H3. The third kappa shape index (κ3) is 3.76. The molecular formula is C18H25N3O. The molecule has 1 unspecified atom stereocenters. The summed E-state index contributed by atoms with van der Waals surface area (Å²) in [7, 11) is 2.03. The van der Waals surface area contributed by atoms with Gasteiger partial charge in [0.15, 0.2) is 5.76 Å². The highest BCUT2D eigenvalue weighted by Crippen LogP contribution is 2.22. The van der Waals surface area contributed by atoms with Crippen molar-refractivity contribution in [1.29, 1.82) is 0 Å². The summed E-state index contributed by atoms with van der Waals surface area (Å²) in [4.78, 5) is 2.48. The Morgan fingerprint density at radius 3 is 2.91 bits per heavy atom. The van der Waals surface area contributed by atoms with Gasteiger partial charge in [-0.15, -0.1) is 0 Å². The molecule has 4 nitrogen and oxygen atoms in total. The van der Waals surface area contributed by atoms with Crippen LogP contribution >= 0.6 is 0 Å². The highest BCUT2D eigenvalue weighted by molar-refractivity contribution is 5.59. The van der Waals surface area contributed by atoms with E-state index in [1.165, 1.54) is 18.4 Å². The summed E-state index contributed by atoms with van der Waals surface area (Å²) in [5.74, 6) is 1.71. The highest BCUT2D eigenvalue weighted by Gasteiger charge is 2.20. The topological polar surface area (TPSA) is 41.3 Å². The molecule has 0 radical (unpaired) electrons. The normalized spacial score (nSPS) is 19.5. The lowest BCUT2D eigenvalue weighted by Crippen LogP contribution is -2.38. The first-order chi connectivity index (χ1) is 10.7. The van der Waals surface area contributed by atoms with Crippen LogP contribution in [0.25, 0.3) is 11.3 Å². The fraction of sp³-hybridized carbons (Fsp3) is 0.500. The maximum absolute atomic E-state index is 5.54. The first kappa shape index (κ1) is 15.3. The lowest BCUT2D eigenvalue weighted by Gasteiger charge is -2.31. The van der Waals surface area contributed by atoms with Crippen LogP contribution in [0.5, 0.6) is 0 Å². The minimum absolute atomic E-state index is 0.748. The van der Waals surface area contributed by atoms with E-state index in [2.05, 4.69) is 52.6 Å². The fourth-order valence-corrected chi connectivity index (χ4v) is 3.22. The monoisotopic (exact) mass is 299 g/mol. The van der Waals surface area contributed by atoms with Gasteiger partial charge in [0.1, 0.15) is 5.69 Å². The second kappa shape index (κ2) is 7.07. The molecule has 22 heavy (non-hydrogen) atoms. The Morgan fingerprint density at radius 2 is 2.14 bits per heavy atom. The van der Waals surface area contributed by atoms with Crippen LogP contribution in [-0.4, -0.2) is 36.7 Å². The number of likely N-dealkylation sites (tertiary alicyclic amines) is 1. The van der Waals surface area contributed by atoms with Gasteiger partial charge in [0.2, 0.25) is 0 Å². The zero-order chi connectivity index (χ0) is 15.4. The Bertz CT molecular complexity index is 589. The molecule has 2 heterocycles. The van der Waals surface area contributed by atoms with E-state index in [-0.39, 0.29) is 0 Å². The van der Waals surface area contributed by atoms with Gasteiger partial charge in [-0.3, -0.25) is 4.90 Å². The first-order valence-corrected chi connectivity index (χ1v) is 8.14. The van der Waals surface area contributed by atoms with Crippen molar-refractivity contribution in [3.63, 3.8) is 0 Å². The lowest BCUT2D eigenvalue weighted by atomic mass is 9.98. The van der Waals surface area contributed by atoms with Gasteiger partial charge in [-0.25, -0.2) is 0 Å². The van der Waals surface area contributed by atoms with Crippen molar-refractivity contribution in [2.45, 2.75) is 26.3 Å². The maximum Gasteiger partial charge on any atom is 0.151 e. The SMILES string of the molecule is CNCC1CCCN(Cc2cc(-c3ccc(C)cc3)no2)C1. The van der Waals surface area contributed by atoms with Crippen LogP contribution in [0.4, 0.5) is 0 Å². The molecule has 4 heteroatoms. The van der Waals surface area contributed by atoms with Gasteiger partial charge >= 0.3 is 0 Å². The molecule has 118 valence electrons. The molecule has 0 amide bonds. The number of aromatic nitrogens is 1. The molecular weight excluding hydrogens is 274 g/mol. The number of piperidine rings is 1. The van der Waals surface area contributed by atoms with Crippen molar-refractivity contribution in [2.24, 2.45) is 5.92 Å². The zero-order valence-electron chi connectivity index (χ0n) is 13.5. The molecule has 1 aliphatic heterocycles. The third-order valence-electron chi connectivity index (χ3n) is 4.38. The predicted octanol–water partition coefficient (Wildman–Crippen LogP) is 3.08. The largest absolute Gasteiger partial charge is 0.359 e. The first-order valence-electron chi connectivity index (χ1n) is 8.14. The highest BCUT2D eigenvalue weighted by atomic mass is 16.5. The van der Waals surface area contributed by atoms with Gasteiger partial charge in [0.25, 0.3) is 0 Å². The van der Waals surface area contributed by atoms with E-state index < -0.39 is 0 Å². The van der Waals surface area contributed by atoms with Gasteiger partial charge in [-0.2, -0.15) is 0 Å². The molecule has 1 atom stereocenters. The molecule has 1 fully saturated rings. The summed E-state index contributed by atoms with van der Waals surface area (Å²) < 4.78 is 5.54. The molecule has 1 saturated heterocycles. The van der Waals surface area contributed by atoms with Crippen molar-refractivity contribution in [1.82, 2.24) is 15.4 Å². The van der Waals surface area contributed by atoms with E-state index in [9.17, 15) is 0 Å². The van der Waals surface area contributed by atoms with Crippen LogP contribution in [-0.2, 0) is 6.54 Å². The molecule has 0 spiro atoms. The number of nitrogens with zero attached hydrogens (tertiary/aromatic N) is 2. The molecule has 1 aromatic carbocycles. The minimum atomic E-state index is 0.748. The van der Waals surface area contributed by atoms with Gasteiger partial charge in [0.05, 0.1) is 6.54 Å². The van der Waals surface area contributed by atoms with Gasteiger partial charge in [-0.05, 0) is 45.8 Å². The van der Waals surface area contributed by atoms with Crippen molar-refractivity contribution in [3.8, 4) is 11.3 Å². The summed E-state index contributed by atoms with van der Waals surface area (Å²) in [6.07, 6.45) is 2.59. The van der Waals surface area contributed by atoms with E-state index in [1.54, 1.807) is 0 Å². The summed E-state index contributed by atoms with van der Waals surface area (Å²) in [5.41, 5.74) is 3.31. The number of hydrogen-bond acceptors (Lipinski definition) is 4. The molecule has 3 rings (SSSR count). The number of benzene rings is 1. The van der Waals surface area contributed by atoms with Crippen LogP contribution in [0.15, 0.2) is 34.9 Å². The number of hydrogen-bond donors (Lipinski definition) is 1. The number of nitrogens with one attached hydrogen (secondary N) is 1. The average molecular weight is 299 g/mol. The minimum Gasteiger partial charge on any atom is -0.359 e. The summed E-state index contributed by atoms with van der Waals surface area (Å²) in [6.45, 7) is 6.35. The van der Waals surface area contributed by atoms with Gasteiger partial charge in [0, 0.05) is 18.2 Å². The molecule has 2 aromatic rings. The van der Waals surface area contributed by atoms with Crippen molar-refractivity contribution in [2.75, 3.05) is 26.7 Å². The van der Waals surface area contributed by atoms with Gasteiger partial charge in [-0.1, -0.05) is 35.0 Å². The quantitative estimate of drug-likeness (QED) is 0.921. The lowest BCUT2D eigenvalue weighted by molar-refractivity contribution is 0.152. The molecule has 1 N–H and O–H groups in total. The Morgan fingerprint density at radius 1 is 1.32 bits per heavy atom. The smallest absolute Gasteiger partial charge is 0.151 e. The zero-order valence-corrected chi connectivity index (χ0v) is 13.5. The number of aryl methyl sites for hydroxylation is 1. The van der Waals surface area contributed by atoms with Crippen molar-refractivity contribution >= 4 is 0 Å². The van der Waals surface area contributed by atoms with E-state index in [4.69, 9.17) is 4.52 Å². The second-order valence-corrected chi connectivity index (χ2v) is 6.35.